The summed E-state index contributed by atoms with van der Waals surface area (Å²) in [5.41, 5.74) is 0.412. The van der Waals surface area contributed by atoms with Gasteiger partial charge in [0.25, 0.3) is 0 Å². The molecule has 4 aromatic rings. The Morgan fingerprint density at radius 2 is 1.78 bits per heavy atom. The lowest BCUT2D eigenvalue weighted by molar-refractivity contribution is 0.225. The molecule has 0 bridgehead atoms. The zero-order valence-corrected chi connectivity index (χ0v) is 22.9. The number of methoxy groups -OCH3 is 2. The third-order valence-electron chi connectivity index (χ3n) is 6.85. The number of ether oxygens (including phenoxy) is 2. The van der Waals surface area contributed by atoms with Crippen LogP contribution >= 0.6 is 11.5 Å². The molecule has 0 aliphatic rings. The van der Waals surface area contributed by atoms with Crippen molar-refractivity contribution in [3.63, 3.8) is 0 Å². The minimum atomic E-state index is -0.414. The topological polar surface area (TPSA) is 116 Å². The molecule has 0 unspecified atom stereocenters. The highest BCUT2D eigenvalue weighted by Crippen LogP contribution is 2.35. The minimum absolute atomic E-state index is 0.336. The average Bonchev–Trinajstić information content (AvgIpc) is 3.60. The predicted molar refractivity (Wildman–Crippen MR) is 142 cm³/mol. The van der Waals surface area contributed by atoms with Gasteiger partial charge in [-0.15, -0.1) is 0 Å². The molecule has 0 amide bonds. The number of nitrogens with zero attached hydrogens (tertiary/aromatic N) is 8. The number of rotatable bonds is 12. The van der Waals surface area contributed by atoms with Gasteiger partial charge in [-0.25, -0.2) is 19.9 Å². The Balaban J connectivity index is 1.55. The van der Waals surface area contributed by atoms with Crippen LogP contribution in [-0.4, -0.2) is 65.7 Å². The Bertz CT molecular complexity index is 1280. The number of hydrogen-bond acceptors (Lipinski definition) is 11. The fourth-order valence-corrected chi connectivity index (χ4v) is 4.71. The molecule has 0 spiro atoms. The Kier molecular flexibility index (Phi) is 7.98. The standard InChI is InChI=1S/C25H33N9O2S/c1-24(2,30-10-9-18-7-8-19(35-5)20(13-18)36-6)25(3,4)34(14-21-28-15-27-16-29-21)23-31-22(32-37-23)33-12-11-26-17-33/h7-8,11-13,15-17,30H,9-10,14H2,1-6H3. The quantitative estimate of drug-likeness (QED) is 0.296. The number of aromatic nitrogens is 7. The number of anilines is 1. The van der Waals surface area contributed by atoms with Crippen LogP contribution in [-0.2, 0) is 13.0 Å². The van der Waals surface area contributed by atoms with Crippen LogP contribution in [0.2, 0.25) is 0 Å². The molecule has 1 N–H and O–H groups in total. The van der Waals surface area contributed by atoms with E-state index in [4.69, 9.17) is 14.5 Å². The van der Waals surface area contributed by atoms with Gasteiger partial charge in [-0.3, -0.25) is 4.57 Å². The molecule has 4 rings (SSSR count). The Morgan fingerprint density at radius 1 is 1.03 bits per heavy atom. The molecule has 1 aromatic carbocycles. The summed E-state index contributed by atoms with van der Waals surface area (Å²) in [7, 11) is 3.29. The molecule has 3 heterocycles. The Labute approximate surface area is 221 Å². The van der Waals surface area contributed by atoms with E-state index in [-0.39, 0.29) is 5.54 Å². The fraction of sp³-hybridized carbons (Fsp3) is 0.440. The summed E-state index contributed by atoms with van der Waals surface area (Å²) in [6.45, 7) is 9.99. The van der Waals surface area contributed by atoms with Gasteiger partial charge in [0.05, 0.1) is 26.3 Å². The molecule has 12 heteroatoms. The van der Waals surface area contributed by atoms with E-state index in [1.54, 1.807) is 31.3 Å². The van der Waals surface area contributed by atoms with E-state index in [1.807, 2.05) is 18.3 Å². The summed E-state index contributed by atoms with van der Waals surface area (Å²) >= 11 is 1.34. The van der Waals surface area contributed by atoms with Crippen molar-refractivity contribution >= 4 is 16.7 Å². The maximum Gasteiger partial charge on any atom is 0.248 e. The van der Waals surface area contributed by atoms with Crippen molar-refractivity contribution in [3.05, 3.63) is 61.0 Å². The average molecular weight is 524 g/mol. The maximum absolute atomic E-state index is 5.46. The van der Waals surface area contributed by atoms with E-state index < -0.39 is 5.54 Å². The van der Waals surface area contributed by atoms with E-state index in [9.17, 15) is 0 Å². The summed E-state index contributed by atoms with van der Waals surface area (Å²) in [5, 5.41) is 4.53. The molecular formula is C25H33N9O2S. The van der Waals surface area contributed by atoms with Gasteiger partial charge in [0.15, 0.2) is 17.3 Å². The molecule has 0 fully saturated rings. The van der Waals surface area contributed by atoms with Gasteiger partial charge in [0.2, 0.25) is 11.1 Å². The van der Waals surface area contributed by atoms with Gasteiger partial charge in [0.1, 0.15) is 19.0 Å². The second-order valence-corrected chi connectivity index (χ2v) is 10.3. The van der Waals surface area contributed by atoms with E-state index in [0.717, 1.165) is 35.2 Å². The van der Waals surface area contributed by atoms with Gasteiger partial charge >= 0.3 is 0 Å². The van der Waals surface area contributed by atoms with Crippen LogP contribution in [0, 0.1) is 0 Å². The van der Waals surface area contributed by atoms with Gasteiger partial charge in [-0.1, -0.05) is 6.07 Å². The largest absolute Gasteiger partial charge is 0.493 e. The second kappa shape index (κ2) is 11.2. The van der Waals surface area contributed by atoms with Crippen molar-refractivity contribution < 1.29 is 9.47 Å². The number of hydrogen-bond donors (Lipinski definition) is 1. The van der Waals surface area contributed by atoms with Gasteiger partial charge < -0.3 is 19.7 Å². The normalized spacial score (nSPS) is 11.9. The van der Waals surface area contributed by atoms with Crippen LogP contribution in [0.25, 0.3) is 5.95 Å². The van der Waals surface area contributed by atoms with Crippen LogP contribution in [0.3, 0.4) is 0 Å². The van der Waals surface area contributed by atoms with Crippen LogP contribution < -0.4 is 19.7 Å². The van der Waals surface area contributed by atoms with E-state index >= 15 is 0 Å². The summed E-state index contributed by atoms with van der Waals surface area (Å²) in [4.78, 5) is 23.8. The SMILES string of the molecule is COc1ccc(CCNC(C)(C)C(C)(C)N(Cc2ncncn2)c2nc(-n3ccnc3)ns2)cc1OC. The van der Waals surface area contributed by atoms with Crippen LogP contribution in [0.15, 0.2) is 49.6 Å². The molecule has 0 aliphatic heterocycles. The maximum atomic E-state index is 5.46. The summed E-state index contributed by atoms with van der Waals surface area (Å²) < 4.78 is 17.2. The molecule has 37 heavy (non-hydrogen) atoms. The lowest BCUT2D eigenvalue weighted by Crippen LogP contribution is -2.64. The first kappa shape index (κ1) is 26.4. The monoisotopic (exact) mass is 523 g/mol. The van der Waals surface area contributed by atoms with Crippen molar-refractivity contribution in [2.24, 2.45) is 0 Å². The zero-order valence-electron chi connectivity index (χ0n) is 22.0. The third-order valence-corrected chi connectivity index (χ3v) is 7.58. The molecule has 0 radical (unpaired) electrons. The number of imidazole rings is 1. The minimum Gasteiger partial charge on any atom is -0.493 e. The molecule has 0 aliphatic carbocycles. The van der Waals surface area contributed by atoms with E-state index in [2.05, 4.69) is 68.3 Å². The number of nitrogens with one attached hydrogen (secondary N) is 1. The molecule has 0 saturated heterocycles. The van der Waals surface area contributed by atoms with Crippen molar-refractivity contribution in [1.82, 2.24) is 39.2 Å². The molecule has 11 nitrogen and oxygen atoms in total. The van der Waals surface area contributed by atoms with E-state index in [0.29, 0.717) is 18.3 Å². The summed E-state index contributed by atoms with van der Waals surface area (Å²) in [6.07, 6.45) is 9.07. The highest BCUT2D eigenvalue weighted by Gasteiger charge is 2.43. The zero-order chi connectivity index (χ0) is 26.5. The first-order valence-electron chi connectivity index (χ1n) is 11.9. The smallest absolute Gasteiger partial charge is 0.248 e. The first-order chi connectivity index (χ1) is 17.7. The predicted octanol–water partition coefficient (Wildman–Crippen LogP) is 3.32. The highest BCUT2D eigenvalue weighted by molar-refractivity contribution is 7.09. The van der Waals surface area contributed by atoms with Gasteiger partial charge in [0, 0.05) is 29.5 Å². The summed E-state index contributed by atoms with van der Waals surface area (Å²) in [6, 6.07) is 6.02. The van der Waals surface area contributed by atoms with Crippen molar-refractivity contribution in [1.29, 1.82) is 0 Å². The molecule has 0 saturated carbocycles. The Morgan fingerprint density at radius 3 is 2.46 bits per heavy atom. The van der Waals surface area contributed by atoms with Gasteiger partial charge in [-0.05, 0) is 58.4 Å². The van der Waals surface area contributed by atoms with Gasteiger partial charge in [-0.2, -0.15) is 9.36 Å². The first-order valence-corrected chi connectivity index (χ1v) is 12.7. The fourth-order valence-electron chi connectivity index (χ4n) is 3.90. The molecule has 3 aromatic heterocycles. The lowest BCUT2D eigenvalue weighted by atomic mass is 9.80. The molecule has 196 valence electrons. The third kappa shape index (κ3) is 5.86. The Hall–Kier alpha value is -3.64. The molecular weight excluding hydrogens is 490 g/mol. The van der Waals surface area contributed by atoms with Crippen molar-refractivity contribution in [3.8, 4) is 17.4 Å². The van der Waals surface area contributed by atoms with Crippen molar-refractivity contribution in [2.75, 3.05) is 25.7 Å². The van der Waals surface area contributed by atoms with Crippen molar-refractivity contribution in [2.45, 2.75) is 51.7 Å². The van der Waals surface area contributed by atoms with Crippen LogP contribution in [0.1, 0.15) is 39.1 Å². The second-order valence-electron chi connectivity index (χ2n) is 9.54. The lowest BCUT2D eigenvalue weighted by Gasteiger charge is -2.49. The molecule has 0 atom stereocenters. The van der Waals surface area contributed by atoms with Crippen LogP contribution in [0.5, 0.6) is 11.5 Å². The van der Waals surface area contributed by atoms with Crippen LogP contribution in [0.4, 0.5) is 5.13 Å². The number of benzene rings is 1. The summed E-state index contributed by atoms with van der Waals surface area (Å²) in [5.74, 6) is 2.69. The van der Waals surface area contributed by atoms with E-state index in [1.165, 1.54) is 24.2 Å². The highest BCUT2D eigenvalue weighted by atomic mass is 32.1.